The van der Waals surface area contributed by atoms with Crippen molar-refractivity contribution in [3.05, 3.63) is 114 Å². The molecule has 1 aliphatic carbocycles. The molecule has 0 radical (unpaired) electrons. The van der Waals surface area contributed by atoms with Gasteiger partial charge in [-0.25, -0.2) is 33.6 Å². The van der Waals surface area contributed by atoms with Crippen molar-refractivity contribution < 1.29 is 42.5 Å². The molecule has 4 heterocycles. The number of methoxy groups -OCH3 is 2. The molecule has 17 heteroatoms. The lowest BCUT2D eigenvalue weighted by Gasteiger charge is -2.47. The van der Waals surface area contributed by atoms with E-state index in [4.69, 9.17) is 30.4 Å². The summed E-state index contributed by atoms with van der Waals surface area (Å²) < 4.78 is 39.1. The maximum Gasteiger partial charge on any atom is 0.339 e. The second-order valence-corrected chi connectivity index (χ2v) is 16.4. The van der Waals surface area contributed by atoms with E-state index in [-0.39, 0.29) is 79.1 Å². The molecule has 2 aromatic carbocycles. The zero-order valence-electron chi connectivity index (χ0n) is 33.4. The first-order chi connectivity index (χ1) is 28.7. The average molecular weight is 851 g/mol. The van der Waals surface area contributed by atoms with Crippen LogP contribution in [0.15, 0.2) is 86.4 Å². The van der Waals surface area contributed by atoms with E-state index in [1.54, 1.807) is 42.8 Å². The lowest BCUT2D eigenvalue weighted by atomic mass is 9.79. The predicted octanol–water partition coefficient (Wildman–Crippen LogP) is 6.55. The van der Waals surface area contributed by atoms with E-state index in [0.717, 1.165) is 37.4 Å². The molecule has 2 aliphatic heterocycles. The number of hydrogen-bond acceptors (Lipinski definition) is 16. The van der Waals surface area contributed by atoms with E-state index < -0.39 is 47.6 Å². The molecule has 2 atom stereocenters. The van der Waals surface area contributed by atoms with E-state index >= 15 is 4.39 Å². The fourth-order valence-electron chi connectivity index (χ4n) is 7.81. The van der Waals surface area contributed by atoms with Crippen LogP contribution in [0.25, 0.3) is 20.2 Å². The minimum Gasteiger partial charge on any atom is -0.466 e. The quantitative estimate of drug-likeness (QED) is 0.128. The molecule has 2 unspecified atom stereocenters. The summed E-state index contributed by atoms with van der Waals surface area (Å²) in [5.41, 5.74) is 14.7. The third kappa shape index (κ3) is 6.79. The number of carbonyl (C=O) groups excluding carboxylic acids is 4. The maximum absolute atomic E-state index is 15.9. The molecular weight excluding hydrogens is 812 g/mol. The van der Waals surface area contributed by atoms with Gasteiger partial charge in [-0.3, -0.25) is 0 Å². The summed E-state index contributed by atoms with van der Waals surface area (Å²) in [4.78, 5) is 57.2. The normalized spacial score (nSPS) is 18.3. The minimum absolute atomic E-state index is 0.00228. The summed E-state index contributed by atoms with van der Waals surface area (Å²) in [6, 6.07) is 11.8. The van der Waals surface area contributed by atoms with Crippen molar-refractivity contribution in [1.82, 2.24) is 10.0 Å². The second kappa shape index (κ2) is 16.2. The first-order valence-electron chi connectivity index (χ1n) is 18.8. The topological polar surface area (TPSA) is 211 Å². The summed E-state index contributed by atoms with van der Waals surface area (Å²) in [5, 5.41) is 26.1. The Kier molecular flexibility index (Phi) is 11.2. The standard InChI is InChI=1S/C43H39FN6O8S2/c1-19(2)58-43(54)35-32(26-17-59-36-23(14-45)8-7-9-25(26)36)29(40(51)55-5)20(3)50(39(35)48)49-21(4)30(41(52)56-6)33(34(38(49)47)42(53)57-16-22-10-11-22)27-18-60-37-24(15-46)12-13-28(44)31(27)37/h7-9,12-13,17-19,22,32-33H,10-11,16,47-48H2,1-6H3. The number of carbonyl (C=O) groups is 4. The van der Waals surface area contributed by atoms with Crippen LogP contribution in [0.2, 0.25) is 0 Å². The highest BCUT2D eigenvalue weighted by Crippen LogP contribution is 2.51. The largest absolute Gasteiger partial charge is 0.466 e. The average Bonchev–Trinajstić information content (AvgIpc) is 3.78. The van der Waals surface area contributed by atoms with Crippen LogP contribution in [-0.4, -0.2) is 60.8 Å². The van der Waals surface area contributed by atoms with Crippen molar-refractivity contribution in [3.8, 4) is 12.1 Å². The van der Waals surface area contributed by atoms with Gasteiger partial charge in [-0.05, 0) is 91.9 Å². The minimum atomic E-state index is -1.39. The number of thiophene rings is 2. The van der Waals surface area contributed by atoms with Gasteiger partial charge in [-0.2, -0.15) is 10.5 Å². The maximum atomic E-state index is 15.9. The number of ether oxygens (including phenoxy) is 4. The van der Waals surface area contributed by atoms with Crippen molar-refractivity contribution >= 4 is 66.7 Å². The van der Waals surface area contributed by atoms with E-state index in [1.165, 1.54) is 48.4 Å². The van der Waals surface area contributed by atoms with E-state index in [9.17, 15) is 29.7 Å². The van der Waals surface area contributed by atoms with Crippen LogP contribution in [0, 0.1) is 34.4 Å². The Morgan fingerprint density at radius 2 is 1.32 bits per heavy atom. The Balaban J connectivity index is 1.54. The fraction of sp³-hybridized carbons (Fsp3) is 0.302. The number of nitrogens with zero attached hydrogens (tertiary/aromatic N) is 4. The summed E-state index contributed by atoms with van der Waals surface area (Å²) in [6.07, 6.45) is 1.03. The lowest BCUT2D eigenvalue weighted by Crippen LogP contribution is -2.51. The Bertz CT molecular complexity index is 2740. The van der Waals surface area contributed by atoms with Crippen LogP contribution >= 0.6 is 22.7 Å². The number of allylic oxidation sites excluding steroid dienone is 2. The number of rotatable bonds is 10. The van der Waals surface area contributed by atoms with E-state index in [2.05, 4.69) is 12.1 Å². The van der Waals surface area contributed by atoms with Crippen LogP contribution in [0.1, 0.15) is 74.6 Å². The molecule has 308 valence electrons. The molecule has 7 rings (SSSR count). The molecule has 2 aromatic heterocycles. The van der Waals surface area contributed by atoms with Crippen molar-refractivity contribution in [2.24, 2.45) is 17.4 Å². The zero-order chi connectivity index (χ0) is 43.3. The SMILES string of the molecule is COC(=O)C1=C(C)N(N2C(C)=C(C(=O)OC)C(c3csc4c(C#N)ccc(F)c34)C(C(=O)OCC3CC3)=C2N)C(N)=C(C(=O)OC(C)C)C1c1csc2c(C#N)cccc12. The van der Waals surface area contributed by atoms with Crippen molar-refractivity contribution in [3.63, 3.8) is 0 Å². The van der Waals surface area contributed by atoms with Gasteiger partial charge in [0.1, 0.15) is 29.6 Å². The molecule has 0 amide bonds. The lowest BCUT2D eigenvalue weighted by molar-refractivity contribution is -0.144. The Labute approximate surface area is 351 Å². The number of nitriles is 2. The molecule has 0 spiro atoms. The third-order valence-electron chi connectivity index (χ3n) is 10.7. The van der Waals surface area contributed by atoms with Crippen LogP contribution < -0.4 is 11.5 Å². The highest BCUT2D eigenvalue weighted by molar-refractivity contribution is 7.18. The summed E-state index contributed by atoms with van der Waals surface area (Å²) in [6.45, 7) is 6.36. The number of esters is 4. The molecule has 14 nitrogen and oxygen atoms in total. The van der Waals surface area contributed by atoms with Gasteiger partial charge in [0.15, 0.2) is 0 Å². The fourth-order valence-corrected chi connectivity index (χ4v) is 9.94. The summed E-state index contributed by atoms with van der Waals surface area (Å²) >= 11 is 2.30. The first-order valence-corrected chi connectivity index (χ1v) is 20.5. The Morgan fingerprint density at radius 3 is 1.87 bits per heavy atom. The van der Waals surface area contributed by atoms with Crippen LogP contribution in [0.5, 0.6) is 0 Å². The molecule has 1 saturated carbocycles. The van der Waals surface area contributed by atoms with Gasteiger partial charge in [0.2, 0.25) is 0 Å². The summed E-state index contributed by atoms with van der Waals surface area (Å²) in [5.74, 6) is -7.41. The zero-order valence-corrected chi connectivity index (χ0v) is 35.0. The van der Waals surface area contributed by atoms with Crippen molar-refractivity contribution in [1.29, 1.82) is 10.5 Å². The van der Waals surface area contributed by atoms with Gasteiger partial charge in [0.05, 0.1) is 93.0 Å². The van der Waals surface area contributed by atoms with Crippen molar-refractivity contribution in [2.75, 3.05) is 20.8 Å². The van der Waals surface area contributed by atoms with Gasteiger partial charge in [-0.15, -0.1) is 22.7 Å². The van der Waals surface area contributed by atoms with Gasteiger partial charge >= 0.3 is 23.9 Å². The number of hydrogen-bond donors (Lipinski definition) is 2. The van der Waals surface area contributed by atoms with Gasteiger partial charge in [0, 0.05) is 5.39 Å². The van der Waals surface area contributed by atoms with Gasteiger partial charge < -0.3 is 30.4 Å². The molecular formula is C43H39FN6O8S2. The number of hydrazine groups is 1. The smallest absolute Gasteiger partial charge is 0.339 e. The number of halogens is 1. The molecule has 3 aliphatic rings. The number of benzene rings is 2. The first kappa shape index (κ1) is 41.5. The van der Waals surface area contributed by atoms with Crippen LogP contribution in [0.3, 0.4) is 0 Å². The molecule has 60 heavy (non-hydrogen) atoms. The molecule has 0 saturated heterocycles. The van der Waals surface area contributed by atoms with Gasteiger partial charge in [0.25, 0.3) is 0 Å². The molecule has 1 fully saturated rings. The highest BCUT2D eigenvalue weighted by Gasteiger charge is 2.49. The van der Waals surface area contributed by atoms with Crippen LogP contribution in [-0.2, 0) is 38.1 Å². The number of nitrogens with two attached hydrogens (primary N) is 2. The Morgan fingerprint density at radius 1 is 0.783 bits per heavy atom. The van der Waals surface area contributed by atoms with Crippen LogP contribution in [0.4, 0.5) is 4.39 Å². The molecule has 4 N–H and O–H groups in total. The predicted molar refractivity (Wildman–Crippen MR) is 219 cm³/mol. The highest BCUT2D eigenvalue weighted by atomic mass is 32.1. The molecule has 0 bridgehead atoms. The van der Waals surface area contributed by atoms with Gasteiger partial charge in [-0.1, -0.05) is 12.1 Å². The Hall–Kier alpha value is -6.69. The number of fused-ring (bicyclic) bond motifs is 2. The van der Waals surface area contributed by atoms with E-state index in [1.807, 2.05) is 0 Å². The monoisotopic (exact) mass is 850 g/mol. The third-order valence-corrected chi connectivity index (χ3v) is 12.8. The summed E-state index contributed by atoms with van der Waals surface area (Å²) in [7, 11) is 2.31. The van der Waals surface area contributed by atoms with E-state index in [0.29, 0.717) is 21.2 Å². The van der Waals surface area contributed by atoms with Crippen molar-refractivity contribution in [2.45, 2.75) is 58.5 Å². The second-order valence-electron chi connectivity index (χ2n) is 14.7. The molecule has 4 aromatic rings.